The highest BCUT2D eigenvalue weighted by atomic mass is 16.5. The van der Waals surface area contributed by atoms with E-state index in [1.54, 1.807) is 0 Å². The van der Waals surface area contributed by atoms with Crippen LogP contribution >= 0.6 is 0 Å². The fourth-order valence-corrected chi connectivity index (χ4v) is 3.42. The fourth-order valence-electron chi connectivity index (χ4n) is 3.42. The molecule has 4 nitrogen and oxygen atoms in total. The lowest BCUT2D eigenvalue weighted by Crippen LogP contribution is -2.35. The number of hydrogen-bond donors (Lipinski definition) is 1. The maximum atomic E-state index is 5.62. The van der Waals surface area contributed by atoms with E-state index in [1.807, 2.05) is 0 Å². The second kappa shape index (κ2) is 4.65. The van der Waals surface area contributed by atoms with Crippen molar-refractivity contribution in [3.63, 3.8) is 0 Å². The van der Waals surface area contributed by atoms with Crippen molar-refractivity contribution in [2.45, 2.75) is 57.3 Å². The first-order valence-corrected chi connectivity index (χ1v) is 7.27. The van der Waals surface area contributed by atoms with Crippen LogP contribution in [0.15, 0.2) is 4.52 Å². The topological polar surface area (TPSA) is 51.0 Å². The molecule has 0 amide bonds. The first-order chi connectivity index (χ1) is 8.72. The predicted molar refractivity (Wildman–Crippen MR) is 69.5 cm³/mol. The highest BCUT2D eigenvalue weighted by Crippen LogP contribution is 2.39. The molecule has 2 aliphatic rings. The van der Waals surface area contributed by atoms with Crippen molar-refractivity contribution < 1.29 is 4.52 Å². The molecule has 0 radical (unpaired) electrons. The number of hydrogen-bond acceptors (Lipinski definition) is 4. The standard InChI is InChI=1S/C14H23N3O/c1-10(2)14(7-8-15-9-14)13-16-12(17-18-13)11-5-3-4-6-11/h10-11,15H,3-9H2,1-2H3. The van der Waals surface area contributed by atoms with Gasteiger partial charge in [0.1, 0.15) is 0 Å². The largest absolute Gasteiger partial charge is 0.339 e. The lowest BCUT2D eigenvalue weighted by atomic mass is 9.76. The lowest BCUT2D eigenvalue weighted by molar-refractivity contribution is 0.233. The summed E-state index contributed by atoms with van der Waals surface area (Å²) >= 11 is 0. The lowest BCUT2D eigenvalue weighted by Gasteiger charge is -2.28. The second-order valence-electron chi connectivity index (χ2n) is 6.18. The van der Waals surface area contributed by atoms with Crippen molar-refractivity contribution in [3.05, 3.63) is 11.7 Å². The minimum atomic E-state index is 0.0594. The molecular formula is C14H23N3O. The Morgan fingerprint density at radius 1 is 1.33 bits per heavy atom. The summed E-state index contributed by atoms with van der Waals surface area (Å²) in [7, 11) is 0. The summed E-state index contributed by atoms with van der Waals surface area (Å²) in [5, 5.41) is 7.70. The Morgan fingerprint density at radius 2 is 2.11 bits per heavy atom. The first kappa shape index (κ1) is 12.2. The first-order valence-electron chi connectivity index (χ1n) is 7.27. The molecule has 1 aliphatic carbocycles. The fraction of sp³-hybridized carbons (Fsp3) is 0.857. The summed E-state index contributed by atoms with van der Waals surface area (Å²) < 4.78 is 5.62. The van der Waals surface area contributed by atoms with E-state index in [1.165, 1.54) is 25.7 Å². The van der Waals surface area contributed by atoms with Gasteiger partial charge >= 0.3 is 0 Å². The minimum absolute atomic E-state index is 0.0594. The maximum Gasteiger partial charge on any atom is 0.234 e. The van der Waals surface area contributed by atoms with Crippen LogP contribution < -0.4 is 5.32 Å². The highest BCUT2D eigenvalue weighted by molar-refractivity contribution is 5.13. The van der Waals surface area contributed by atoms with Crippen molar-refractivity contribution in [1.29, 1.82) is 0 Å². The average Bonchev–Trinajstić information content (AvgIpc) is 3.11. The van der Waals surface area contributed by atoms with Gasteiger partial charge in [-0.3, -0.25) is 0 Å². The zero-order chi connectivity index (χ0) is 12.6. The van der Waals surface area contributed by atoms with Gasteiger partial charge < -0.3 is 9.84 Å². The molecule has 1 N–H and O–H groups in total. The van der Waals surface area contributed by atoms with Gasteiger partial charge in [0, 0.05) is 12.5 Å². The van der Waals surface area contributed by atoms with Crippen LogP contribution in [-0.2, 0) is 5.41 Å². The maximum absolute atomic E-state index is 5.62. The Balaban J connectivity index is 1.86. The van der Waals surface area contributed by atoms with Gasteiger partial charge in [-0.15, -0.1) is 0 Å². The molecule has 1 saturated heterocycles. The number of nitrogens with zero attached hydrogens (tertiary/aromatic N) is 2. The molecule has 2 heterocycles. The van der Waals surface area contributed by atoms with Crippen LogP contribution in [0.2, 0.25) is 0 Å². The normalized spacial score (nSPS) is 29.5. The molecule has 4 heteroatoms. The van der Waals surface area contributed by atoms with Gasteiger partial charge in [0.05, 0.1) is 5.41 Å². The van der Waals surface area contributed by atoms with E-state index in [4.69, 9.17) is 9.51 Å². The van der Waals surface area contributed by atoms with E-state index in [0.29, 0.717) is 11.8 Å². The van der Waals surface area contributed by atoms with Gasteiger partial charge in [0.2, 0.25) is 5.89 Å². The second-order valence-corrected chi connectivity index (χ2v) is 6.18. The Kier molecular flexibility index (Phi) is 3.14. The molecule has 100 valence electrons. The zero-order valence-electron chi connectivity index (χ0n) is 11.4. The molecule has 1 aliphatic heterocycles. The third-order valence-electron chi connectivity index (χ3n) is 4.88. The van der Waals surface area contributed by atoms with Crippen LogP contribution in [-0.4, -0.2) is 23.2 Å². The van der Waals surface area contributed by atoms with Crippen LogP contribution in [0.1, 0.15) is 63.6 Å². The summed E-state index contributed by atoms with van der Waals surface area (Å²) in [5.41, 5.74) is 0.0594. The summed E-state index contributed by atoms with van der Waals surface area (Å²) in [6, 6.07) is 0. The molecule has 0 aromatic carbocycles. The molecule has 0 spiro atoms. The molecule has 1 aromatic heterocycles. The third-order valence-corrected chi connectivity index (χ3v) is 4.88. The molecule has 0 bridgehead atoms. The monoisotopic (exact) mass is 249 g/mol. The summed E-state index contributed by atoms with van der Waals surface area (Å²) in [6.07, 6.45) is 6.19. The van der Waals surface area contributed by atoms with Crippen molar-refractivity contribution in [2.75, 3.05) is 13.1 Å². The summed E-state index contributed by atoms with van der Waals surface area (Å²) in [6.45, 7) is 6.54. The Hall–Kier alpha value is -0.900. The smallest absolute Gasteiger partial charge is 0.234 e. The molecule has 1 unspecified atom stereocenters. The minimum Gasteiger partial charge on any atom is -0.339 e. The molecule has 18 heavy (non-hydrogen) atoms. The van der Waals surface area contributed by atoms with E-state index in [0.717, 1.165) is 31.2 Å². The zero-order valence-corrected chi connectivity index (χ0v) is 11.4. The van der Waals surface area contributed by atoms with Crippen molar-refractivity contribution >= 4 is 0 Å². The molecule has 1 aromatic rings. The van der Waals surface area contributed by atoms with E-state index in [2.05, 4.69) is 24.3 Å². The van der Waals surface area contributed by atoms with Gasteiger partial charge in [0.25, 0.3) is 0 Å². The van der Waals surface area contributed by atoms with Crippen LogP contribution in [0, 0.1) is 5.92 Å². The van der Waals surface area contributed by atoms with Crippen molar-refractivity contribution in [2.24, 2.45) is 5.92 Å². The SMILES string of the molecule is CC(C)C1(c2nc(C3CCCC3)no2)CCNC1. The Morgan fingerprint density at radius 3 is 2.72 bits per heavy atom. The molecule has 2 fully saturated rings. The quantitative estimate of drug-likeness (QED) is 0.894. The van der Waals surface area contributed by atoms with Crippen LogP contribution in [0.25, 0.3) is 0 Å². The van der Waals surface area contributed by atoms with E-state index >= 15 is 0 Å². The number of rotatable bonds is 3. The van der Waals surface area contributed by atoms with Gasteiger partial charge in [-0.1, -0.05) is 31.8 Å². The predicted octanol–water partition coefficient (Wildman–Crippen LogP) is 2.61. The third kappa shape index (κ3) is 1.87. The molecule has 1 saturated carbocycles. The van der Waals surface area contributed by atoms with Crippen LogP contribution in [0.4, 0.5) is 0 Å². The Bertz CT molecular complexity index is 401. The van der Waals surface area contributed by atoms with Crippen molar-refractivity contribution in [1.82, 2.24) is 15.5 Å². The van der Waals surface area contributed by atoms with Crippen LogP contribution in [0.5, 0.6) is 0 Å². The van der Waals surface area contributed by atoms with Gasteiger partial charge in [-0.25, -0.2) is 0 Å². The number of nitrogens with one attached hydrogen (secondary N) is 1. The van der Waals surface area contributed by atoms with Crippen LogP contribution in [0.3, 0.4) is 0 Å². The van der Waals surface area contributed by atoms with Gasteiger partial charge in [-0.2, -0.15) is 4.98 Å². The summed E-state index contributed by atoms with van der Waals surface area (Å²) in [4.78, 5) is 4.75. The van der Waals surface area contributed by atoms with Gasteiger partial charge in [0.15, 0.2) is 5.82 Å². The average molecular weight is 249 g/mol. The molecule has 1 atom stereocenters. The van der Waals surface area contributed by atoms with E-state index < -0.39 is 0 Å². The van der Waals surface area contributed by atoms with E-state index in [9.17, 15) is 0 Å². The molecule has 3 rings (SSSR count). The Labute approximate surface area is 109 Å². The highest BCUT2D eigenvalue weighted by Gasteiger charge is 2.44. The van der Waals surface area contributed by atoms with Crippen molar-refractivity contribution in [3.8, 4) is 0 Å². The van der Waals surface area contributed by atoms with E-state index in [-0.39, 0.29) is 5.41 Å². The molecular weight excluding hydrogens is 226 g/mol. The van der Waals surface area contributed by atoms with Gasteiger partial charge in [-0.05, 0) is 31.7 Å². The number of aromatic nitrogens is 2. The summed E-state index contributed by atoms with van der Waals surface area (Å²) in [5.74, 6) is 2.89.